The number of ether oxygens (including phenoxy) is 1. The Morgan fingerprint density at radius 3 is 2.66 bits per heavy atom. The van der Waals surface area contributed by atoms with Gasteiger partial charge in [0.15, 0.2) is 5.15 Å². The van der Waals surface area contributed by atoms with Gasteiger partial charge in [-0.05, 0) is 62.0 Å². The molecule has 35 heavy (non-hydrogen) atoms. The van der Waals surface area contributed by atoms with Crippen LogP contribution in [0.3, 0.4) is 0 Å². The van der Waals surface area contributed by atoms with Gasteiger partial charge in [-0.1, -0.05) is 11.6 Å². The molecule has 3 atom stereocenters. The highest BCUT2D eigenvalue weighted by Crippen LogP contribution is 2.53. The fourth-order valence-corrected chi connectivity index (χ4v) is 5.62. The molecule has 3 unspecified atom stereocenters. The molecule has 3 aliphatic rings. The zero-order chi connectivity index (χ0) is 24.3. The highest BCUT2D eigenvalue weighted by Gasteiger charge is 2.59. The Balaban J connectivity index is 1.19. The minimum Gasteiger partial charge on any atom is -0.389 e. The van der Waals surface area contributed by atoms with E-state index in [1.807, 2.05) is 0 Å². The van der Waals surface area contributed by atoms with Gasteiger partial charge in [-0.15, -0.1) is 0 Å². The molecule has 2 aliphatic heterocycles. The number of aliphatic hydroxyl groups is 1. The van der Waals surface area contributed by atoms with Crippen LogP contribution in [0.5, 0.6) is 0 Å². The first kappa shape index (κ1) is 23.0. The van der Waals surface area contributed by atoms with Crippen molar-refractivity contribution in [2.45, 2.75) is 56.2 Å². The lowest BCUT2D eigenvalue weighted by atomic mass is 9.85. The summed E-state index contributed by atoms with van der Waals surface area (Å²) in [5.41, 5.74) is 3.68. The Labute approximate surface area is 206 Å². The lowest BCUT2D eigenvalue weighted by Gasteiger charge is -2.37. The second kappa shape index (κ2) is 8.62. The molecule has 0 radical (unpaired) electrons. The summed E-state index contributed by atoms with van der Waals surface area (Å²) in [6, 6.07) is 3.33. The van der Waals surface area contributed by atoms with E-state index in [-0.39, 0.29) is 17.6 Å². The molecular weight excluding hydrogens is 478 g/mol. The minimum atomic E-state index is -2.76. The zero-order valence-electron chi connectivity index (χ0n) is 19.3. The summed E-state index contributed by atoms with van der Waals surface area (Å²) < 4.78 is 33.4. The molecule has 2 saturated heterocycles. The Morgan fingerprint density at radius 1 is 1.20 bits per heavy atom. The van der Waals surface area contributed by atoms with E-state index in [0.717, 1.165) is 41.5 Å². The third-order valence-corrected chi connectivity index (χ3v) is 7.87. The van der Waals surface area contributed by atoms with Gasteiger partial charge < -0.3 is 15.2 Å². The summed E-state index contributed by atoms with van der Waals surface area (Å²) in [7, 11) is 0. The van der Waals surface area contributed by atoms with Crippen molar-refractivity contribution in [2.75, 3.05) is 31.6 Å². The number of aryl methyl sites for hydroxylation is 1. The molecule has 4 heterocycles. The largest absolute Gasteiger partial charge is 0.389 e. The molecule has 2 N–H and O–H groups in total. The third-order valence-electron chi connectivity index (χ3n) is 7.50. The molecule has 8 nitrogen and oxygen atoms in total. The fraction of sp³-hybridized carbons (Fsp3) is 0.542. The maximum absolute atomic E-state index is 13.4. The third kappa shape index (κ3) is 4.26. The van der Waals surface area contributed by atoms with Crippen LogP contribution >= 0.6 is 11.6 Å². The van der Waals surface area contributed by atoms with Gasteiger partial charge in [0.1, 0.15) is 6.04 Å². The van der Waals surface area contributed by atoms with Gasteiger partial charge in [0.25, 0.3) is 5.92 Å². The minimum absolute atomic E-state index is 0.0948. The number of rotatable bonds is 5. The molecule has 3 fully saturated rings. The van der Waals surface area contributed by atoms with E-state index in [0.29, 0.717) is 30.8 Å². The molecule has 6 rings (SSSR count). The summed E-state index contributed by atoms with van der Waals surface area (Å²) >= 11 is 6.29. The van der Waals surface area contributed by atoms with Gasteiger partial charge in [-0.25, -0.2) is 23.4 Å². The van der Waals surface area contributed by atoms with Crippen molar-refractivity contribution in [3.8, 4) is 0 Å². The number of nitrogens with one attached hydrogen (secondary N) is 1. The SMILES string of the molecule is Cc1cc2cnc(Nc3cnn(C4CC4(F)F)c3Cl)nc2cc1C1CCN(C2COCC2O)CC1. The number of hydrogen-bond acceptors (Lipinski definition) is 7. The fourth-order valence-electron chi connectivity index (χ4n) is 5.36. The van der Waals surface area contributed by atoms with Crippen LogP contribution in [-0.2, 0) is 4.74 Å². The molecule has 1 aliphatic carbocycles. The smallest absolute Gasteiger partial charge is 0.272 e. The lowest BCUT2D eigenvalue weighted by Crippen LogP contribution is -2.46. The summed E-state index contributed by atoms with van der Waals surface area (Å²) in [5.74, 6) is -2.02. The number of likely N-dealkylation sites (tertiary alicyclic amines) is 1. The molecule has 0 spiro atoms. The number of aliphatic hydroxyl groups excluding tert-OH is 1. The predicted octanol–water partition coefficient (Wildman–Crippen LogP) is 4.05. The summed E-state index contributed by atoms with van der Waals surface area (Å²) in [4.78, 5) is 11.4. The van der Waals surface area contributed by atoms with Crippen LogP contribution in [0.1, 0.15) is 42.3 Å². The van der Waals surface area contributed by atoms with Gasteiger partial charge in [0.2, 0.25) is 5.95 Å². The van der Waals surface area contributed by atoms with E-state index in [9.17, 15) is 13.9 Å². The molecule has 1 aromatic carbocycles. The van der Waals surface area contributed by atoms with Crippen molar-refractivity contribution >= 4 is 34.1 Å². The van der Waals surface area contributed by atoms with Crippen LogP contribution in [0.2, 0.25) is 5.15 Å². The predicted molar refractivity (Wildman–Crippen MR) is 128 cm³/mol. The van der Waals surface area contributed by atoms with Crippen LogP contribution in [0, 0.1) is 6.92 Å². The molecule has 186 valence electrons. The number of hydrogen-bond donors (Lipinski definition) is 2. The molecule has 2 aromatic heterocycles. The highest BCUT2D eigenvalue weighted by molar-refractivity contribution is 6.32. The van der Waals surface area contributed by atoms with E-state index in [2.05, 4.69) is 44.3 Å². The summed E-state index contributed by atoms with van der Waals surface area (Å²) in [6.07, 6.45) is 4.52. The van der Waals surface area contributed by atoms with Gasteiger partial charge in [-0.2, -0.15) is 5.10 Å². The van der Waals surface area contributed by atoms with Gasteiger partial charge in [0, 0.05) is 18.0 Å². The topological polar surface area (TPSA) is 88.3 Å². The number of benzene rings is 1. The normalized spacial score (nSPS) is 26.9. The molecule has 3 aromatic rings. The van der Waals surface area contributed by atoms with Crippen molar-refractivity contribution < 1.29 is 18.6 Å². The average Bonchev–Trinajstić information content (AvgIpc) is 3.11. The number of anilines is 2. The standard InChI is InChI=1S/C24H27ClF2N6O2/c1-13-6-15-9-28-23(31-18-10-29-33(22(18)25)21-8-24(21,26)27)30-17(15)7-16(13)14-2-4-32(5-3-14)19-11-35-12-20(19)34/h6-7,9-10,14,19-21,34H,2-5,8,11-12H2,1H3,(H,28,30,31). The maximum Gasteiger partial charge on any atom is 0.272 e. The van der Waals surface area contributed by atoms with Crippen LogP contribution in [0.15, 0.2) is 24.5 Å². The Bertz CT molecular complexity index is 1260. The van der Waals surface area contributed by atoms with E-state index >= 15 is 0 Å². The van der Waals surface area contributed by atoms with Crippen molar-refractivity contribution in [2.24, 2.45) is 0 Å². The monoisotopic (exact) mass is 504 g/mol. The number of piperidine rings is 1. The van der Waals surface area contributed by atoms with Crippen molar-refractivity contribution in [3.63, 3.8) is 0 Å². The highest BCUT2D eigenvalue weighted by atomic mass is 35.5. The van der Waals surface area contributed by atoms with Crippen LogP contribution in [0.4, 0.5) is 20.4 Å². The van der Waals surface area contributed by atoms with Crippen molar-refractivity contribution in [1.29, 1.82) is 0 Å². The van der Waals surface area contributed by atoms with E-state index < -0.39 is 18.1 Å². The number of nitrogens with zero attached hydrogens (tertiary/aromatic N) is 5. The first-order chi connectivity index (χ1) is 16.8. The average molecular weight is 505 g/mol. The quantitative estimate of drug-likeness (QED) is 0.542. The van der Waals surface area contributed by atoms with E-state index in [4.69, 9.17) is 16.3 Å². The number of alkyl halides is 2. The van der Waals surface area contributed by atoms with Crippen LogP contribution in [-0.4, -0.2) is 74.1 Å². The molecular formula is C24H27ClF2N6O2. The maximum atomic E-state index is 13.4. The molecule has 0 bridgehead atoms. The molecule has 0 amide bonds. The Kier molecular flexibility index (Phi) is 5.67. The molecule has 11 heteroatoms. The van der Waals surface area contributed by atoms with E-state index in [1.54, 1.807) is 6.20 Å². The Hall–Kier alpha value is -2.40. The van der Waals surface area contributed by atoms with Gasteiger partial charge in [0.05, 0.1) is 42.8 Å². The zero-order valence-corrected chi connectivity index (χ0v) is 20.0. The first-order valence-electron chi connectivity index (χ1n) is 11.9. The van der Waals surface area contributed by atoms with Gasteiger partial charge >= 0.3 is 0 Å². The first-order valence-corrected chi connectivity index (χ1v) is 12.3. The Morgan fingerprint density at radius 2 is 1.97 bits per heavy atom. The van der Waals surface area contributed by atoms with Crippen molar-refractivity contribution in [3.05, 3.63) is 40.8 Å². The summed E-state index contributed by atoms with van der Waals surface area (Å²) in [6.45, 7) is 4.98. The van der Waals surface area contributed by atoms with Crippen LogP contribution in [0.25, 0.3) is 10.9 Å². The lowest BCUT2D eigenvalue weighted by molar-refractivity contribution is 0.0663. The number of halogens is 3. The van der Waals surface area contributed by atoms with Gasteiger partial charge in [-0.3, -0.25) is 4.90 Å². The number of aromatic nitrogens is 4. The van der Waals surface area contributed by atoms with E-state index in [1.165, 1.54) is 17.3 Å². The number of fused-ring (bicyclic) bond motifs is 1. The van der Waals surface area contributed by atoms with Crippen molar-refractivity contribution in [1.82, 2.24) is 24.6 Å². The summed E-state index contributed by atoms with van der Waals surface area (Å²) in [5, 5.41) is 18.2. The van der Waals surface area contributed by atoms with Crippen LogP contribution < -0.4 is 5.32 Å². The second-order valence-electron chi connectivity index (χ2n) is 9.84. The molecule has 1 saturated carbocycles. The second-order valence-corrected chi connectivity index (χ2v) is 10.2.